The third-order valence-electron chi connectivity index (χ3n) is 8.85. The first-order valence-corrected chi connectivity index (χ1v) is 14.3. The lowest BCUT2D eigenvalue weighted by molar-refractivity contribution is -0.741. The smallest absolute Gasteiger partial charge is 0.311 e. The van der Waals surface area contributed by atoms with E-state index in [0.717, 1.165) is 11.2 Å². The first-order chi connectivity index (χ1) is 19.2. The molecule has 40 heavy (non-hydrogen) atoms. The van der Waals surface area contributed by atoms with Gasteiger partial charge in [-0.3, -0.25) is 0 Å². The van der Waals surface area contributed by atoms with Crippen LogP contribution in [0.3, 0.4) is 0 Å². The van der Waals surface area contributed by atoms with E-state index in [2.05, 4.69) is 147 Å². The van der Waals surface area contributed by atoms with Gasteiger partial charge in [-0.25, -0.2) is 9.58 Å². The van der Waals surface area contributed by atoms with Crippen molar-refractivity contribution in [3.8, 4) is 0 Å². The molecule has 3 heterocycles. The van der Waals surface area contributed by atoms with Gasteiger partial charge in [0.2, 0.25) is 0 Å². The summed E-state index contributed by atoms with van der Waals surface area (Å²) in [5.41, 5.74) is 7.85. The summed E-state index contributed by atoms with van der Waals surface area (Å²) >= 11 is 0. The van der Waals surface area contributed by atoms with Crippen LogP contribution >= 0.6 is 0 Å². The van der Waals surface area contributed by atoms with Crippen LogP contribution in [-0.4, -0.2) is 10.8 Å². The van der Waals surface area contributed by atoms with Crippen molar-refractivity contribution in [1.82, 2.24) is 4.68 Å². The first kappa shape index (κ1) is 24.8. The number of aryl methyl sites for hydroxylation is 1. The molecule has 1 atom stereocenters. The fourth-order valence-corrected chi connectivity index (χ4v) is 7.49. The van der Waals surface area contributed by atoms with Crippen molar-refractivity contribution >= 4 is 50.0 Å². The molecular weight excluding hydrogens is 492 g/mol. The fraction of sp³-hybridized carbons (Fsp3) is 0.286. The number of rotatable bonds is 4. The molecule has 0 bridgehead atoms. The van der Waals surface area contributed by atoms with E-state index in [1.807, 2.05) is 6.07 Å². The quantitative estimate of drug-likeness (QED) is 0.214. The molecule has 0 saturated carbocycles. The zero-order valence-electron chi connectivity index (χ0n) is 24.4. The van der Waals surface area contributed by atoms with Crippen molar-refractivity contribution in [2.45, 2.75) is 59.3 Å². The lowest BCUT2D eigenvalue weighted by Crippen LogP contribution is -2.52. The SMILES string of the molecule is Cc1ccc2oc3ccccc3c2c1C(C)(C)N1c2ccccc2N(c2c3ccccc3n(C(C)C)[n+]2C)[C@H]1C. The van der Waals surface area contributed by atoms with Gasteiger partial charge in [0.05, 0.1) is 28.2 Å². The maximum Gasteiger partial charge on any atom is 0.311 e. The van der Waals surface area contributed by atoms with Gasteiger partial charge in [-0.15, -0.1) is 0 Å². The summed E-state index contributed by atoms with van der Waals surface area (Å²) < 4.78 is 11.1. The van der Waals surface area contributed by atoms with E-state index in [-0.39, 0.29) is 11.7 Å². The van der Waals surface area contributed by atoms with Crippen LogP contribution in [0.1, 0.15) is 51.8 Å². The highest BCUT2D eigenvalue weighted by Gasteiger charge is 2.49. The number of hydrogen-bond acceptors (Lipinski definition) is 3. The zero-order valence-corrected chi connectivity index (χ0v) is 24.4. The molecule has 0 N–H and O–H groups in total. The van der Waals surface area contributed by atoms with Crippen LogP contribution in [-0.2, 0) is 12.6 Å². The van der Waals surface area contributed by atoms with Gasteiger partial charge in [0.1, 0.15) is 18.2 Å². The van der Waals surface area contributed by atoms with Crippen LogP contribution < -0.4 is 14.5 Å². The van der Waals surface area contributed by atoms with Gasteiger partial charge in [0.15, 0.2) is 11.9 Å². The van der Waals surface area contributed by atoms with Crippen LogP contribution in [0.5, 0.6) is 0 Å². The summed E-state index contributed by atoms with van der Waals surface area (Å²) in [7, 11) is 2.20. The highest BCUT2D eigenvalue weighted by molar-refractivity contribution is 6.08. The molecule has 0 spiro atoms. The maximum atomic E-state index is 6.35. The average molecular weight is 530 g/mol. The summed E-state index contributed by atoms with van der Waals surface area (Å²) in [5, 5.41) is 3.65. The van der Waals surface area contributed by atoms with Crippen LogP contribution in [0.15, 0.2) is 89.3 Å². The Hall–Kier alpha value is -4.25. The molecule has 202 valence electrons. The largest absolute Gasteiger partial charge is 0.456 e. The number of para-hydroxylation sites is 4. The molecule has 4 aromatic carbocycles. The number of hydrogen-bond donors (Lipinski definition) is 0. The Morgan fingerprint density at radius 1 is 0.800 bits per heavy atom. The van der Waals surface area contributed by atoms with Crippen molar-refractivity contribution in [3.63, 3.8) is 0 Å². The van der Waals surface area contributed by atoms with E-state index in [1.165, 1.54) is 50.0 Å². The second kappa shape index (κ2) is 8.62. The van der Waals surface area contributed by atoms with E-state index in [9.17, 15) is 0 Å². The van der Waals surface area contributed by atoms with E-state index >= 15 is 0 Å². The van der Waals surface area contributed by atoms with Crippen LogP contribution in [0.25, 0.3) is 32.8 Å². The number of nitrogens with zero attached hydrogens (tertiary/aromatic N) is 4. The van der Waals surface area contributed by atoms with Gasteiger partial charge < -0.3 is 9.32 Å². The van der Waals surface area contributed by atoms with Crippen LogP contribution in [0, 0.1) is 6.92 Å². The number of furan rings is 1. The Kier molecular flexibility index (Phi) is 5.34. The second-order valence-electron chi connectivity index (χ2n) is 12.0. The van der Waals surface area contributed by atoms with Gasteiger partial charge in [0, 0.05) is 10.8 Å². The molecular formula is C35H37N4O+. The predicted octanol–water partition coefficient (Wildman–Crippen LogP) is 8.49. The highest BCUT2D eigenvalue weighted by Crippen LogP contribution is 2.52. The van der Waals surface area contributed by atoms with Crippen LogP contribution in [0.4, 0.5) is 17.2 Å². The van der Waals surface area contributed by atoms with Gasteiger partial charge in [-0.05, 0) is 89.1 Å². The molecule has 1 aliphatic rings. The second-order valence-corrected chi connectivity index (χ2v) is 12.0. The third kappa shape index (κ3) is 3.24. The Morgan fingerprint density at radius 2 is 1.45 bits per heavy atom. The van der Waals surface area contributed by atoms with Crippen molar-refractivity contribution in [2.24, 2.45) is 7.05 Å². The molecule has 0 aliphatic carbocycles. The minimum atomic E-state index is -0.338. The Morgan fingerprint density at radius 3 is 2.20 bits per heavy atom. The van der Waals surface area contributed by atoms with E-state index in [4.69, 9.17) is 4.42 Å². The minimum Gasteiger partial charge on any atom is -0.456 e. The average Bonchev–Trinajstić information content (AvgIpc) is 3.54. The minimum absolute atomic E-state index is 0.0674. The molecule has 5 nitrogen and oxygen atoms in total. The lowest BCUT2D eigenvalue weighted by Gasteiger charge is -2.41. The summed E-state index contributed by atoms with van der Waals surface area (Å²) in [6, 6.07) is 30.7. The molecule has 1 aliphatic heterocycles. The molecule has 0 saturated heterocycles. The molecule has 0 radical (unpaired) electrons. The van der Waals surface area contributed by atoms with Gasteiger partial charge in [-0.1, -0.05) is 48.5 Å². The Balaban J connectivity index is 1.48. The first-order valence-electron chi connectivity index (χ1n) is 14.3. The molecule has 2 aromatic heterocycles. The predicted molar refractivity (Wildman–Crippen MR) is 166 cm³/mol. The van der Waals surface area contributed by atoms with Crippen molar-refractivity contribution in [3.05, 3.63) is 96.1 Å². The molecule has 0 unspecified atom stereocenters. The van der Waals surface area contributed by atoms with Crippen molar-refractivity contribution in [1.29, 1.82) is 0 Å². The Bertz CT molecular complexity index is 1930. The summed E-state index contributed by atoms with van der Waals surface area (Å²) in [6.45, 7) is 13.8. The monoisotopic (exact) mass is 529 g/mol. The van der Waals surface area contributed by atoms with E-state index in [1.54, 1.807) is 0 Å². The molecule has 0 amide bonds. The fourth-order valence-electron chi connectivity index (χ4n) is 7.49. The molecule has 0 fully saturated rings. The molecule has 7 rings (SSSR count). The summed E-state index contributed by atoms with van der Waals surface area (Å²) in [6.07, 6.45) is 0.0674. The topological polar surface area (TPSA) is 28.4 Å². The zero-order chi connectivity index (χ0) is 27.9. The Labute approximate surface area is 235 Å². The van der Waals surface area contributed by atoms with E-state index in [0.29, 0.717) is 6.04 Å². The normalized spacial score (nSPS) is 15.8. The molecule has 5 heteroatoms. The molecule has 6 aromatic rings. The highest BCUT2D eigenvalue weighted by atomic mass is 16.3. The van der Waals surface area contributed by atoms with E-state index < -0.39 is 0 Å². The number of benzene rings is 4. The lowest BCUT2D eigenvalue weighted by atomic mass is 9.84. The van der Waals surface area contributed by atoms with Crippen molar-refractivity contribution in [2.75, 3.05) is 9.80 Å². The summed E-state index contributed by atoms with van der Waals surface area (Å²) in [4.78, 5) is 5.13. The number of aromatic nitrogens is 2. The third-order valence-corrected chi connectivity index (χ3v) is 8.85. The van der Waals surface area contributed by atoms with Crippen LogP contribution in [0.2, 0.25) is 0 Å². The number of fused-ring (bicyclic) bond motifs is 5. The number of anilines is 3. The van der Waals surface area contributed by atoms with Gasteiger partial charge >= 0.3 is 5.82 Å². The van der Waals surface area contributed by atoms with Crippen molar-refractivity contribution < 1.29 is 9.10 Å². The van der Waals surface area contributed by atoms with Gasteiger partial charge in [-0.2, -0.15) is 4.68 Å². The maximum absolute atomic E-state index is 6.35. The van der Waals surface area contributed by atoms with Gasteiger partial charge in [0.25, 0.3) is 0 Å². The summed E-state index contributed by atoms with van der Waals surface area (Å²) in [5.74, 6) is 1.21. The standard InChI is InChI=1S/C35H37N4O/c1-22(2)39-27-16-10-8-14-25(27)34(36(39)7)37-24(4)38(29-18-12-11-17-28(29)37)35(5,6)33-23(3)20-21-31-32(33)26-15-9-13-19-30(26)40-31/h8-22,24H,1-7H3/q+1/t24-/m1/s1.